The minimum atomic E-state index is -0.746. The fraction of sp³-hybridized carbons (Fsp3) is 0.308. The topological polar surface area (TPSA) is 119 Å². The van der Waals surface area contributed by atoms with E-state index >= 15 is 0 Å². The second kappa shape index (κ2) is 9.25. The molecule has 12 heteroatoms. The number of benzene rings is 1. The second-order valence-electron chi connectivity index (χ2n) is 4.55. The molecule has 0 aliphatic carbocycles. The van der Waals surface area contributed by atoms with Gasteiger partial charge < -0.3 is 15.4 Å². The van der Waals surface area contributed by atoms with Gasteiger partial charge in [-0.1, -0.05) is 23.1 Å². The smallest absolute Gasteiger partial charge is 0.271 e. The number of carbonyl (C=O) groups excluding carboxylic acids is 1. The number of thioether (sulfide) groups is 1. The van der Waals surface area contributed by atoms with Crippen LogP contribution in [-0.4, -0.2) is 47.0 Å². The summed E-state index contributed by atoms with van der Waals surface area (Å²) in [5, 5.41) is 24.4. The molecule has 0 aliphatic rings. The minimum Gasteiger partial charge on any atom is -0.383 e. The third-order valence-electron chi connectivity index (χ3n) is 2.75. The zero-order valence-electron chi connectivity index (χ0n) is 13.0. The molecule has 0 fully saturated rings. The molecule has 2 aromatic rings. The van der Waals surface area contributed by atoms with E-state index in [1.165, 1.54) is 11.3 Å². The first kappa shape index (κ1) is 19.0. The summed E-state index contributed by atoms with van der Waals surface area (Å²) in [6.07, 6.45) is 0. The molecule has 25 heavy (non-hydrogen) atoms. The van der Waals surface area contributed by atoms with Gasteiger partial charge in [-0.2, -0.15) is 0 Å². The number of nitrogens with zero attached hydrogens (tertiary/aromatic N) is 3. The van der Waals surface area contributed by atoms with Crippen LogP contribution in [0.25, 0.3) is 0 Å². The number of anilines is 2. The maximum absolute atomic E-state index is 13.6. The van der Waals surface area contributed by atoms with Gasteiger partial charge in [0.05, 0.1) is 23.0 Å². The van der Waals surface area contributed by atoms with Gasteiger partial charge in [-0.3, -0.25) is 14.9 Å². The fourth-order valence-corrected chi connectivity index (χ4v) is 3.21. The van der Waals surface area contributed by atoms with Crippen LogP contribution >= 0.6 is 23.1 Å². The summed E-state index contributed by atoms with van der Waals surface area (Å²) in [6, 6.07) is 2.93. The molecule has 2 N–H and O–H groups in total. The number of hydrogen-bond donors (Lipinski definition) is 2. The Morgan fingerprint density at radius 2 is 2.28 bits per heavy atom. The Labute approximate surface area is 150 Å². The van der Waals surface area contributed by atoms with Crippen molar-refractivity contribution in [3.05, 3.63) is 34.1 Å². The van der Waals surface area contributed by atoms with E-state index in [4.69, 9.17) is 4.74 Å². The molecule has 1 amide bonds. The maximum atomic E-state index is 13.6. The number of nitro benzene ring substituents is 1. The van der Waals surface area contributed by atoms with Gasteiger partial charge in [0.1, 0.15) is 5.82 Å². The number of rotatable bonds is 9. The maximum Gasteiger partial charge on any atom is 0.271 e. The van der Waals surface area contributed by atoms with Gasteiger partial charge in [0.15, 0.2) is 4.34 Å². The van der Waals surface area contributed by atoms with Crippen molar-refractivity contribution in [3.8, 4) is 0 Å². The number of non-ortho nitro benzene ring substituents is 1. The molecule has 0 bridgehead atoms. The van der Waals surface area contributed by atoms with Gasteiger partial charge >= 0.3 is 0 Å². The van der Waals surface area contributed by atoms with Gasteiger partial charge in [0.25, 0.3) is 5.69 Å². The molecule has 0 radical (unpaired) electrons. The molecule has 1 aromatic carbocycles. The van der Waals surface area contributed by atoms with Crippen LogP contribution in [0.3, 0.4) is 0 Å². The van der Waals surface area contributed by atoms with Gasteiger partial charge in [-0.15, -0.1) is 10.2 Å². The number of ether oxygens (including phenoxy) is 1. The van der Waals surface area contributed by atoms with E-state index in [0.717, 1.165) is 30.0 Å². The number of nitrogens with one attached hydrogen (secondary N) is 2. The summed E-state index contributed by atoms with van der Waals surface area (Å²) in [6.45, 7) is 1.11. The highest BCUT2D eigenvalue weighted by Crippen LogP contribution is 2.26. The van der Waals surface area contributed by atoms with Gasteiger partial charge in [0.2, 0.25) is 11.0 Å². The molecule has 0 atom stereocenters. The van der Waals surface area contributed by atoms with E-state index < -0.39 is 16.6 Å². The summed E-state index contributed by atoms with van der Waals surface area (Å²) < 4.78 is 19.1. The van der Waals surface area contributed by atoms with Crippen LogP contribution in [0.5, 0.6) is 0 Å². The number of carbonyl (C=O) groups is 1. The van der Waals surface area contributed by atoms with E-state index in [0.29, 0.717) is 22.6 Å². The van der Waals surface area contributed by atoms with Crippen molar-refractivity contribution in [2.45, 2.75) is 4.34 Å². The van der Waals surface area contributed by atoms with Crippen LogP contribution in [0.4, 0.5) is 20.9 Å². The van der Waals surface area contributed by atoms with Crippen molar-refractivity contribution >= 4 is 45.5 Å². The lowest BCUT2D eigenvalue weighted by Crippen LogP contribution is -2.15. The molecular formula is C13H14FN5O4S2. The number of aromatic nitrogens is 2. The molecule has 0 saturated heterocycles. The first-order chi connectivity index (χ1) is 12.0. The van der Waals surface area contributed by atoms with E-state index in [1.807, 2.05) is 0 Å². The van der Waals surface area contributed by atoms with Crippen molar-refractivity contribution in [1.29, 1.82) is 0 Å². The monoisotopic (exact) mass is 387 g/mol. The summed E-state index contributed by atoms with van der Waals surface area (Å²) in [5.41, 5.74) is -0.542. The normalized spacial score (nSPS) is 10.5. The van der Waals surface area contributed by atoms with E-state index in [9.17, 15) is 19.3 Å². The standard InChI is InChI=1S/C13H14FN5O4S2/c1-23-5-4-15-12-17-18-13(25-12)24-7-11(20)16-10-6-8(19(21)22)2-3-9(10)14/h2-3,6H,4-5,7H2,1H3,(H,15,17)(H,16,20). The highest BCUT2D eigenvalue weighted by Gasteiger charge is 2.14. The molecule has 134 valence electrons. The number of halogens is 1. The van der Waals surface area contributed by atoms with Crippen LogP contribution in [0.15, 0.2) is 22.5 Å². The Kier molecular flexibility index (Phi) is 7.03. The highest BCUT2D eigenvalue weighted by molar-refractivity contribution is 8.01. The molecular weight excluding hydrogens is 373 g/mol. The zero-order valence-corrected chi connectivity index (χ0v) is 14.7. The average molecular weight is 387 g/mol. The minimum absolute atomic E-state index is 0.0329. The largest absolute Gasteiger partial charge is 0.383 e. The molecule has 1 heterocycles. The van der Waals surface area contributed by atoms with E-state index in [1.54, 1.807) is 7.11 Å². The third-order valence-corrected chi connectivity index (χ3v) is 4.76. The molecule has 0 saturated carbocycles. The predicted octanol–water partition coefficient (Wildman–Crippen LogP) is 2.37. The lowest BCUT2D eigenvalue weighted by molar-refractivity contribution is -0.384. The van der Waals surface area contributed by atoms with E-state index in [2.05, 4.69) is 20.8 Å². The van der Waals surface area contributed by atoms with Crippen molar-refractivity contribution in [3.63, 3.8) is 0 Å². The summed E-state index contributed by atoms with van der Waals surface area (Å²) >= 11 is 2.40. The van der Waals surface area contributed by atoms with Crippen molar-refractivity contribution in [2.75, 3.05) is 36.6 Å². The van der Waals surface area contributed by atoms with Crippen molar-refractivity contribution in [2.24, 2.45) is 0 Å². The number of amides is 1. The lowest BCUT2D eigenvalue weighted by atomic mass is 10.2. The van der Waals surface area contributed by atoms with E-state index in [-0.39, 0.29) is 17.1 Å². The quantitative estimate of drug-likeness (QED) is 0.291. The Balaban J connectivity index is 1.87. The van der Waals surface area contributed by atoms with Gasteiger partial charge in [-0.05, 0) is 6.07 Å². The molecule has 0 unspecified atom stereocenters. The fourth-order valence-electron chi connectivity index (χ4n) is 1.64. The van der Waals surface area contributed by atoms with Crippen LogP contribution in [0.2, 0.25) is 0 Å². The third kappa shape index (κ3) is 5.92. The summed E-state index contributed by atoms with van der Waals surface area (Å²) in [5.74, 6) is -1.28. The van der Waals surface area contributed by atoms with Gasteiger partial charge in [0, 0.05) is 25.8 Å². The second-order valence-corrected chi connectivity index (χ2v) is 6.75. The van der Waals surface area contributed by atoms with Crippen molar-refractivity contribution in [1.82, 2.24) is 10.2 Å². The molecule has 1 aromatic heterocycles. The Bertz CT molecular complexity index is 758. The number of hydrogen-bond acceptors (Lipinski definition) is 9. The summed E-state index contributed by atoms with van der Waals surface area (Å²) in [7, 11) is 1.59. The van der Waals surface area contributed by atoms with Crippen LogP contribution < -0.4 is 10.6 Å². The lowest BCUT2D eigenvalue weighted by Gasteiger charge is -2.05. The Morgan fingerprint density at radius 3 is 3.00 bits per heavy atom. The zero-order chi connectivity index (χ0) is 18.2. The van der Waals surface area contributed by atoms with Gasteiger partial charge in [-0.25, -0.2) is 4.39 Å². The summed E-state index contributed by atoms with van der Waals surface area (Å²) in [4.78, 5) is 21.9. The first-order valence-electron chi connectivity index (χ1n) is 6.92. The average Bonchev–Trinajstić information content (AvgIpc) is 3.03. The first-order valence-corrected chi connectivity index (χ1v) is 8.72. The van der Waals surface area contributed by atoms with Crippen LogP contribution in [0, 0.1) is 15.9 Å². The predicted molar refractivity (Wildman–Crippen MR) is 92.7 cm³/mol. The van der Waals surface area contributed by atoms with Crippen molar-refractivity contribution < 1.29 is 18.8 Å². The molecule has 9 nitrogen and oxygen atoms in total. The Morgan fingerprint density at radius 1 is 1.48 bits per heavy atom. The molecule has 2 rings (SSSR count). The van der Waals surface area contributed by atoms with Crippen LogP contribution in [0.1, 0.15) is 0 Å². The Hall–Kier alpha value is -2.31. The highest BCUT2D eigenvalue weighted by atomic mass is 32.2. The number of methoxy groups -OCH3 is 1. The molecule has 0 spiro atoms. The molecule has 0 aliphatic heterocycles. The van der Waals surface area contributed by atoms with Crippen LogP contribution in [-0.2, 0) is 9.53 Å². The SMILES string of the molecule is COCCNc1nnc(SCC(=O)Nc2cc([N+](=O)[O-])ccc2F)s1. The number of nitro groups is 1.